The molecule has 0 aliphatic carbocycles. The number of hydrogen-bond donors (Lipinski definition) is 12. The second-order valence-electron chi connectivity index (χ2n) is 28.2. The van der Waals surface area contributed by atoms with Crippen LogP contribution in [-0.2, 0) is 59.6 Å². The van der Waals surface area contributed by atoms with E-state index in [1.54, 1.807) is 77.9 Å². The highest BCUT2D eigenvalue weighted by molar-refractivity contribution is 5.98. The number of carboxylic acids is 1. The quantitative estimate of drug-likeness (QED) is 0.0160. The molecule has 614 valence electrons. The number of unbranched alkanes of at least 4 members (excludes halogenated alkanes) is 9. The van der Waals surface area contributed by atoms with Crippen molar-refractivity contribution in [2.24, 2.45) is 11.5 Å². The molecule has 0 fully saturated rings. The normalized spacial score (nSPS) is 11.8. The van der Waals surface area contributed by atoms with Crippen LogP contribution in [0.5, 0.6) is 0 Å². The standard InChI is InChI=1S/C21H26N2O2.C20H25N3O2.C19H30N2O3.C14H22N2O.C12H23NO4.CH4O.ClH/c1-2-3-6-15-19(23-20(24)18-13-9-5-10-14-18)21(25)22-16-17-11-7-4-8-12-17;21-14-8-7-13-18(23-19(24)17-11-5-2-6-12-17)20(25)22-15-16-9-3-1-4-10-16;1-5-6-8-13-16(21-18(23)24-19(2,3)4)17(22)20-14-15-11-9-7-10-12-15;1-2-3-5-10-13(15)14(17)16-11-12-8-6-4-7-9-12;1-5-6-7-8-9(10(14)15)13-11(16)17-12(2,3)4;1-2;/h4-5,7-14,19H,2-3,6,15-16H2,1H3,(H,22,25)(H,23,24);1-6,9-12,18H,7-8,13-15,21H2,(H,22,25)(H,23,24);7,9-12,16H,5-6,8,13-14H2,1-4H3,(H,20,22)(H,21,23);4,6-9,13H,2-3,5,10-11,15H2,1H3,(H,16,17);9H,5-8H2,1-4H3,(H,13,16)(H,14,15);2H,1H3;1H/t19-;18-;16-;13-;9-;;/m00000../s1. The van der Waals surface area contributed by atoms with Crippen LogP contribution >= 0.6 is 12.4 Å². The Kier molecular flexibility index (Phi) is 56.6. The lowest BCUT2D eigenvalue weighted by atomic mass is 10.1. The summed E-state index contributed by atoms with van der Waals surface area (Å²) in [6, 6.07) is 54.0. The van der Waals surface area contributed by atoms with Crippen molar-refractivity contribution in [1.29, 1.82) is 0 Å². The number of amides is 8. The first-order chi connectivity index (χ1) is 52.7. The summed E-state index contributed by atoms with van der Waals surface area (Å²) in [4.78, 5) is 108. The van der Waals surface area contributed by atoms with Gasteiger partial charge in [-0.1, -0.05) is 262 Å². The first-order valence-corrected chi connectivity index (χ1v) is 38.8. The van der Waals surface area contributed by atoms with Gasteiger partial charge in [0.25, 0.3) is 11.8 Å². The molecule has 5 atom stereocenters. The maximum Gasteiger partial charge on any atom is 0.408 e. The predicted molar refractivity (Wildman–Crippen MR) is 445 cm³/mol. The van der Waals surface area contributed by atoms with E-state index in [0.717, 1.165) is 126 Å². The van der Waals surface area contributed by atoms with E-state index in [4.69, 9.17) is 31.2 Å². The van der Waals surface area contributed by atoms with E-state index in [2.05, 4.69) is 63.3 Å². The summed E-state index contributed by atoms with van der Waals surface area (Å²) in [5.74, 6) is -2.02. The van der Waals surface area contributed by atoms with Crippen molar-refractivity contribution in [3.8, 4) is 0 Å². The number of halogens is 1. The summed E-state index contributed by atoms with van der Waals surface area (Å²) in [5, 5.41) is 38.3. The van der Waals surface area contributed by atoms with Crippen molar-refractivity contribution >= 4 is 66.0 Å². The van der Waals surface area contributed by atoms with Gasteiger partial charge >= 0.3 is 18.2 Å². The van der Waals surface area contributed by atoms with Crippen molar-refractivity contribution in [3.63, 3.8) is 0 Å². The highest BCUT2D eigenvalue weighted by Crippen LogP contribution is 2.14. The fourth-order valence-electron chi connectivity index (χ4n) is 10.3. The van der Waals surface area contributed by atoms with Gasteiger partial charge in [-0.05, 0) is 140 Å². The number of alkyl carbamates (subject to hydrolysis) is 2. The molecule has 0 heterocycles. The van der Waals surface area contributed by atoms with Gasteiger partial charge in [-0.15, -0.1) is 12.4 Å². The molecule has 0 saturated heterocycles. The molecule has 6 aromatic carbocycles. The second kappa shape index (κ2) is 62.0. The van der Waals surface area contributed by atoms with Crippen LogP contribution in [0.2, 0.25) is 0 Å². The van der Waals surface area contributed by atoms with Gasteiger partial charge in [0.1, 0.15) is 35.4 Å². The molecule has 8 amide bonds. The summed E-state index contributed by atoms with van der Waals surface area (Å²) >= 11 is 0. The topological polar surface area (TPSA) is 361 Å². The van der Waals surface area contributed by atoms with Gasteiger partial charge in [0.05, 0.1) is 6.04 Å². The fraction of sp³-hybridized carbons (Fsp3) is 0.483. The van der Waals surface area contributed by atoms with Crippen LogP contribution in [0.1, 0.15) is 234 Å². The van der Waals surface area contributed by atoms with Gasteiger partial charge in [0.2, 0.25) is 23.6 Å². The number of ether oxygens (including phenoxy) is 2. The molecular formula is C87H131ClN10O13. The highest BCUT2D eigenvalue weighted by atomic mass is 35.5. The number of aliphatic hydroxyl groups is 1. The molecule has 111 heavy (non-hydrogen) atoms. The van der Waals surface area contributed by atoms with Gasteiger partial charge in [-0.25, -0.2) is 14.4 Å². The Bertz CT molecular complexity index is 3330. The fourth-order valence-corrected chi connectivity index (χ4v) is 10.3. The molecule has 14 N–H and O–H groups in total. The average molecular weight is 1560 g/mol. The molecular weight excluding hydrogens is 1430 g/mol. The number of hydrogen-bond acceptors (Lipinski definition) is 14. The van der Waals surface area contributed by atoms with Crippen molar-refractivity contribution in [1.82, 2.24) is 42.5 Å². The number of carbonyl (C=O) groups excluding carboxylic acids is 8. The molecule has 23 nitrogen and oxygen atoms in total. The van der Waals surface area contributed by atoms with E-state index in [9.17, 15) is 43.2 Å². The zero-order chi connectivity index (χ0) is 81.8. The lowest BCUT2D eigenvalue weighted by Crippen LogP contribution is -2.48. The van der Waals surface area contributed by atoms with Crippen molar-refractivity contribution in [3.05, 3.63) is 215 Å². The van der Waals surface area contributed by atoms with E-state index in [1.165, 1.54) is 0 Å². The second-order valence-corrected chi connectivity index (χ2v) is 28.2. The summed E-state index contributed by atoms with van der Waals surface area (Å²) in [6.45, 7) is 21.5. The summed E-state index contributed by atoms with van der Waals surface area (Å²) in [6.07, 6.45) is 15.5. The molecule has 0 bridgehead atoms. The Morgan fingerprint density at radius 3 is 0.865 bits per heavy atom. The molecule has 0 aromatic heterocycles. The minimum Gasteiger partial charge on any atom is -0.480 e. The molecule has 0 saturated carbocycles. The van der Waals surface area contributed by atoms with Crippen molar-refractivity contribution < 1.29 is 62.8 Å². The van der Waals surface area contributed by atoms with Gasteiger partial charge in [0, 0.05) is 44.4 Å². The maximum absolute atomic E-state index is 12.6. The van der Waals surface area contributed by atoms with Crippen LogP contribution in [0.4, 0.5) is 9.59 Å². The third-order valence-corrected chi connectivity index (χ3v) is 16.2. The number of nitrogens with one attached hydrogen (secondary N) is 8. The van der Waals surface area contributed by atoms with Crippen molar-refractivity contribution in [2.45, 2.75) is 259 Å². The van der Waals surface area contributed by atoms with Crippen molar-refractivity contribution in [2.75, 3.05) is 13.7 Å². The number of nitrogens with two attached hydrogens (primary N) is 2. The molecule has 0 aliphatic rings. The first-order valence-electron chi connectivity index (χ1n) is 38.8. The van der Waals surface area contributed by atoms with Crippen LogP contribution in [-0.4, -0.2) is 119 Å². The van der Waals surface area contributed by atoms with Gasteiger partial charge < -0.3 is 73.7 Å². The predicted octanol–water partition coefficient (Wildman–Crippen LogP) is 14.5. The number of rotatable bonds is 39. The number of benzene rings is 6. The number of carbonyl (C=O) groups is 9. The third kappa shape index (κ3) is 51.4. The Morgan fingerprint density at radius 1 is 0.351 bits per heavy atom. The minimum absolute atomic E-state index is 0. The van der Waals surface area contributed by atoms with Crippen LogP contribution in [0.25, 0.3) is 0 Å². The molecule has 0 radical (unpaired) electrons. The number of aliphatic carboxylic acids is 1. The lowest BCUT2D eigenvalue weighted by molar-refractivity contribution is -0.139. The van der Waals surface area contributed by atoms with E-state index in [0.29, 0.717) is 69.5 Å². The third-order valence-electron chi connectivity index (χ3n) is 16.2. The smallest absolute Gasteiger partial charge is 0.408 e. The molecule has 6 aromatic rings. The monoisotopic (exact) mass is 1560 g/mol. The van der Waals surface area contributed by atoms with Crippen LogP contribution in [0, 0.1) is 0 Å². The maximum atomic E-state index is 12.6. The first kappa shape index (κ1) is 101. The molecule has 6 rings (SSSR count). The van der Waals surface area contributed by atoms with E-state index < -0.39 is 53.5 Å². The Labute approximate surface area is 667 Å². The van der Waals surface area contributed by atoms with E-state index in [-0.39, 0.29) is 53.9 Å². The number of aliphatic hydroxyl groups excluding tert-OH is 1. The SMILES string of the molecule is CCCCC[C@H](N)C(=O)NCc1ccccc1.CCCCC[C@H](NC(=O)OC(C)(C)C)C(=O)NCc1ccccc1.CCCCC[C@H](NC(=O)OC(C)(C)C)C(=O)O.CCCCC[C@H](NC(=O)c1ccccc1)C(=O)NCc1ccccc1.CO.Cl.NCCCC[C@H](NC(=O)c1ccccc1)C(=O)NCc1ccccc1. The van der Waals surface area contributed by atoms with Crippen LogP contribution in [0.15, 0.2) is 182 Å². The molecule has 24 heteroatoms. The minimum atomic E-state index is -1.02. The lowest BCUT2D eigenvalue weighted by Gasteiger charge is -2.23. The van der Waals surface area contributed by atoms with E-state index >= 15 is 0 Å². The van der Waals surface area contributed by atoms with Gasteiger partial charge in [-0.3, -0.25) is 28.8 Å². The molecule has 0 spiro atoms. The summed E-state index contributed by atoms with van der Waals surface area (Å²) in [5.41, 5.74) is 15.4. The highest BCUT2D eigenvalue weighted by Gasteiger charge is 2.27. The average Bonchev–Trinajstić information content (AvgIpc) is 0.892. The van der Waals surface area contributed by atoms with Gasteiger partial charge in [0.15, 0.2) is 0 Å². The Balaban J connectivity index is 0.00000136. The zero-order valence-corrected chi connectivity index (χ0v) is 68.4. The molecule has 0 unspecified atom stereocenters. The summed E-state index contributed by atoms with van der Waals surface area (Å²) < 4.78 is 10.3. The van der Waals surface area contributed by atoms with Crippen LogP contribution in [0.3, 0.4) is 0 Å². The molecule has 0 aliphatic heterocycles. The number of carboxylic acid groups (broad SMARTS) is 1. The largest absolute Gasteiger partial charge is 0.480 e. The van der Waals surface area contributed by atoms with Gasteiger partial charge in [-0.2, -0.15) is 0 Å². The van der Waals surface area contributed by atoms with Crippen LogP contribution < -0.4 is 54.0 Å². The Hall–Kier alpha value is -9.68. The van der Waals surface area contributed by atoms with E-state index in [1.807, 2.05) is 153 Å². The zero-order valence-electron chi connectivity index (χ0n) is 67.6. The Morgan fingerprint density at radius 2 is 0.595 bits per heavy atom. The summed E-state index contributed by atoms with van der Waals surface area (Å²) in [7, 11) is 1.00.